The van der Waals surface area contributed by atoms with Crippen molar-refractivity contribution in [2.45, 2.75) is 44.9 Å². The average Bonchev–Trinajstić information content (AvgIpc) is 2.66. The highest BCUT2D eigenvalue weighted by Crippen LogP contribution is 2.44. The van der Waals surface area contributed by atoms with Crippen molar-refractivity contribution in [2.24, 2.45) is 0 Å². The van der Waals surface area contributed by atoms with Crippen molar-refractivity contribution in [1.29, 1.82) is 0 Å². The maximum absolute atomic E-state index is 6.05. The van der Waals surface area contributed by atoms with Crippen molar-refractivity contribution < 1.29 is 4.74 Å². The minimum Gasteiger partial charge on any atom is -0.488 e. The van der Waals surface area contributed by atoms with Gasteiger partial charge in [0.25, 0.3) is 0 Å². The second-order valence-electron chi connectivity index (χ2n) is 5.11. The zero-order valence-corrected chi connectivity index (χ0v) is 10.0. The number of rotatable bonds is 1. The van der Waals surface area contributed by atoms with Crippen LogP contribution in [0.15, 0.2) is 24.3 Å². The van der Waals surface area contributed by atoms with Crippen molar-refractivity contribution in [3.05, 3.63) is 29.8 Å². The third-order valence-electron chi connectivity index (χ3n) is 3.79. The molecular formula is C14H19NO. The molecule has 1 aromatic carbocycles. The van der Waals surface area contributed by atoms with Crippen molar-refractivity contribution in [3.63, 3.8) is 0 Å². The van der Waals surface area contributed by atoms with Gasteiger partial charge in [-0.25, -0.2) is 0 Å². The van der Waals surface area contributed by atoms with Crippen LogP contribution < -0.4 is 4.74 Å². The highest BCUT2D eigenvalue weighted by Gasteiger charge is 2.41. The summed E-state index contributed by atoms with van der Waals surface area (Å²) in [5, 5.41) is 0. The van der Waals surface area contributed by atoms with Crippen LogP contribution in [-0.2, 0) is 0 Å². The fourth-order valence-corrected chi connectivity index (χ4v) is 3.06. The van der Waals surface area contributed by atoms with Crippen molar-refractivity contribution >= 4 is 0 Å². The summed E-state index contributed by atoms with van der Waals surface area (Å²) >= 11 is 0. The second kappa shape index (κ2) is 3.77. The summed E-state index contributed by atoms with van der Waals surface area (Å²) < 4.78 is 6.05. The van der Waals surface area contributed by atoms with E-state index in [-0.39, 0.29) is 0 Å². The van der Waals surface area contributed by atoms with Crippen LogP contribution in [0.2, 0.25) is 0 Å². The Morgan fingerprint density at radius 3 is 2.94 bits per heavy atom. The Bertz CT molecular complexity index is 388. The van der Waals surface area contributed by atoms with Crippen molar-refractivity contribution in [3.8, 4) is 5.75 Å². The molecule has 0 unspecified atom stereocenters. The molecule has 1 fully saturated rings. The Kier molecular flexibility index (Phi) is 2.40. The Balaban J connectivity index is 1.99. The SMILES string of the molecule is CC(C)N1CCC[C@@H]2Oc3ccccc3[C@@H]21. The third kappa shape index (κ3) is 1.44. The van der Waals surface area contributed by atoms with E-state index in [1.165, 1.54) is 24.9 Å². The maximum Gasteiger partial charge on any atom is 0.124 e. The molecule has 0 saturated carbocycles. The lowest BCUT2D eigenvalue weighted by molar-refractivity contribution is 0.0328. The van der Waals surface area contributed by atoms with Gasteiger partial charge in [0.05, 0.1) is 6.04 Å². The summed E-state index contributed by atoms with van der Waals surface area (Å²) in [5.74, 6) is 1.10. The fourth-order valence-electron chi connectivity index (χ4n) is 3.06. The lowest BCUT2D eigenvalue weighted by Crippen LogP contribution is -2.44. The first-order valence-corrected chi connectivity index (χ1v) is 6.28. The third-order valence-corrected chi connectivity index (χ3v) is 3.79. The number of fused-ring (bicyclic) bond motifs is 3. The number of nitrogens with zero attached hydrogens (tertiary/aromatic N) is 1. The van der Waals surface area contributed by atoms with Gasteiger partial charge < -0.3 is 4.74 Å². The van der Waals surface area contributed by atoms with E-state index in [4.69, 9.17) is 4.74 Å². The van der Waals surface area contributed by atoms with Crippen LogP contribution in [0.4, 0.5) is 0 Å². The van der Waals surface area contributed by atoms with Crippen molar-refractivity contribution in [2.75, 3.05) is 6.54 Å². The molecule has 0 N–H and O–H groups in total. The van der Waals surface area contributed by atoms with E-state index in [1.54, 1.807) is 0 Å². The van der Waals surface area contributed by atoms with Crippen LogP contribution in [0.5, 0.6) is 5.75 Å². The van der Waals surface area contributed by atoms with Crippen molar-refractivity contribution in [1.82, 2.24) is 4.90 Å². The summed E-state index contributed by atoms with van der Waals surface area (Å²) in [4.78, 5) is 2.58. The zero-order chi connectivity index (χ0) is 11.1. The summed E-state index contributed by atoms with van der Waals surface area (Å²) in [6.45, 7) is 5.77. The first kappa shape index (κ1) is 10.2. The van der Waals surface area contributed by atoms with Gasteiger partial charge in [-0.05, 0) is 39.3 Å². The van der Waals surface area contributed by atoms with Crippen LogP contribution in [0.3, 0.4) is 0 Å². The molecule has 0 spiro atoms. The molecule has 1 saturated heterocycles. The van der Waals surface area contributed by atoms with E-state index in [9.17, 15) is 0 Å². The molecular weight excluding hydrogens is 198 g/mol. The molecule has 2 atom stereocenters. The molecule has 86 valence electrons. The molecule has 0 aromatic heterocycles. The predicted molar refractivity (Wildman–Crippen MR) is 64.7 cm³/mol. The molecule has 2 heteroatoms. The van der Waals surface area contributed by atoms with Crippen LogP contribution in [-0.4, -0.2) is 23.6 Å². The largest absolute Gasteiger partial charge is 0.488 e. The number of para-hydroxylation sites is 1. The summed E-state index contributed by atoms with van der Waals surface area (Å²) in [7, 11) is 0. The van der Waals surface area contributed by atoms with Gasteiger partial charge in [-0.15, -0.1) is 0 Å². The molecule has 16 heavy (non-hydrogen) atoms. The van der Waals surface area contributed by atoms with Gasteiger partial charge in [0, 0.05) is 11.6 Å². The molecule has 3 rings (SSSR count). The van der Waals surface area contributed by atoms with Gasteiger partial charge in [-0.1, -0.05) is 18.2 Å². The van der Waals surface area contributed by atoms with Crippen LogP contribution >= 0.6 is 0 Å². The predicted octanol–water partition coefficient (Wildman–Crippen LogP) is 2.99. The Hall–Kier alpha value is -1.02. The van der Waals surface area contributed by atoms with E-state index in [0.29, 0.717) is 18.2 Å². The van der Waals surface area contributed by atoms with E-state index < -0.39 is 0 Å². The molecule has 0 radical (unpaired) electrons. The van der Waals surface area contributed by atoms with Gasteiger partial charge in [0.1, 0.15) is 11.9 Å². The maximum atomic E-state index is 6.05. The monoisotopic (exact) mass is 217 g/mol. The Morgan fingerprint density at radius 1 is 1.31 bits per heavy atom. The number of benzene rings is 1. The number of piperidine rings is 1. The molecule has 0 aliphatic carbocycles. The number of likely N-dealkylation sites (tertiary alicyclic amines) is 1. The van der Waals surface area contributed by atoms with Crippen LogP contribution in [0.1, 0.15) is 38.3 Å². The highest BCUT2D eigenvalue weighted by molar-refractivity contribution is 5.41. The van der Waals surface area contributed by atoms with Gasteiger partial charge in [-0.3, -0.25) is 4.90 Å². The summed E-state index contributed by atoms with van der Waals surface area (Å²) in [6.07, 6.45) is 2.84. The topological polar surface area (TPSA) is 12.5 Å². The van der Waals surface area contributed by atoms with Gasteiger partial charge in [0.15, 0.2) is 0 Å². The number of ether oxygens (including phenoxy) is 1. The Morgan fingerprint density at radius 2 is 2.12 bits per heavy atom. The van der Waals surface area contributed by atoms with E-state index in [0.717, 1.165) is 5.75 Å². The van der Waals surface area contributed by atoms with E-state index in [1.807, 2.05) is 0 Å². The van der Waals surface area contributed by atoms with E-state index >= 15 is 0 Å². The standard InChI is InChI=1S/C14H19NO/c1-10(2)15-9-5-8-13-14(15)11-6-3-4-7-12(11)16-13/h3-4,6-7,10,13-14H,5,8-9H2,1-2H3/t13-,14-/m0/s1. The molecule has 0 amide bonds. The first-order chi connectivity index (χ1) is 7.77. The quantitative estimate of drug-likeness (QED) is 0.717. The smallest absolute Gasteiger partial charge is 0.124 e. The van der Waals surface area contributed by atoms with Crippen LogP contribution in [0.25, 0.3) is 0 Å². The fraction of sp³-hybridized carbons (Fsp3) is 0.571. The van der Waals surface area contributed by atoms with Gasteiger partial charge >= 0.3 is 0 Å². The molecule has 2 aliphatic rings. The van der Waals surface area contributed by atoms with E-state index in [2.05, 4.69) is 43.0 Å². The lowest BCUT2D eigenvalue weighted by atomic mass is 9.93. The first-order valence-electron chi connectivity index (χ1n) is 6.28. The molecule has 2 nitrogen and oxygen atoms in total. The minimum atomic E-state index is 0.383. The number of hydrogen-bond donors (Lipinski definition) is 0. The Labute approximate surface area is 97.2 Å². The number of hydrogen-bond acceptors (Lipinski definition) is 2. The highest BCUT2D eigenvalue weighted by atomic mass is 16.5. The van der Waals surface area contributed by atoms with Gasteiger partial charge in [-0.2, -0.15) is 0 Å². The van der Waals surface area contributed by atoms with Crippen LogP contribution in [0, 0.1) is 0 Å². The molecule has 1 aromatic rings. The molecule has 2 heterocycles. The second-order valence-corrected chi connectivity index (χ2v) is 5.11. The zero-order valence-electron chi connectivity index (χ0n) is 10.0. The minimum absolute atomic E-state index is 0.383. The molecule has 0 bridgehead atoms. The summed E-state index contributed by atoms with van der Waals surface area (Å²) in [5.41, 5.74) is 1.39. The summed E-state index contributed by atoms with van der Waals surface area (Å²) in [6, 6.07) is 9.60. The lowest BCUT2D eigenvalue weighted by Gasteiger charge is -2.39. The average molecular weight is 217 g/mol. The molecule has 2 aliphatic heterocycles. The van der Waals surface area contributed by atoms with Gasteiger partial charge in [0.2, 0.25) is 0 Å². The normalized spacial score (nSPS) is 28.7.